The van der Waals surface area contributed by atoms with Crippen LogP contribution in [0.25, 0.3) is 0 Å². The van der Waals surface area contributed by atoms with Gasteiger partial charge in [-0.2, -0.15) is 0 Å². The molecule has 0 atom stereocenters. The molecule has 0 unspecified atom stereocenters. The van der Waals surface area contributed by atoms with Crippen LogP contribution in [0.2, 0.25) is 0 Å². The molecule has 1 aromatic rings. The average Bonchev–Trinajstić information content (AvgIpc) is 3.01. The summed E-state index contributed by atoms with van der Waals surface area (Å²) in [5, 5.41) is 15.3. The molecular formula is C11H17N5OS. The number of anilines is 1. The first-order valence-electron chi connectivity index (χ1n) is 6.17. The Morgan fingerprint density at radius 1 is 1.44 bits per heavy atom. The van der Waals surface area contributed by atoms with Crippen LogP contribution in [0.5, 0.6) is 0 Å². The van der Waals surface area contributed by atoms with E-state index in [-0.39, 0.29) is 5.91 Å². The molecule has 0 bridgehead atoms. The largest absolute Gasteiger partial charge is 0.364 e. The monoisotopic (exact) mass is 267 g/mol. The van der Waals surface area contributed by atoms with E-state index < -0.39 is 0 Å². The number of hydrogen-bond donors (Lipinski definition) is 2. The lowest BCUT2D eigenvalue weighted by Gasteiger charge is -2.05. The SMILES string of the molecule is CCC(CC)c1nnc(NC(=O)C2=NCCN2)s1. The Kier molecular flexibility index (Phi) is 4.24. The molecular weight excluding hydrogens is 250 g/mol. The van der Waals surface area contributed by atoms with Gasteiger partial charge in [0, 0.05) is 12.5 Å². The van der Waals surface area contributed by atoms with Crippen molar-refractivity contribution in [2.45, 2.75) is 32.6 Å². The first kappa shape index (κ1) is 12.9. The van der Waals surface area contributed by atoms with Gasteiger partial charge in [0.05, 0.1) is 6.54 Å². The van der Waals surface area contributed by atoms with Gasteiger partial charge in [-0.25, -0.2) is 0 Å². The Hall–Kier alpha value is -1.50. The molecule has 0 aromatic carbocycles. The highest BCUT2D eigenvalue weighted by Crippen LogP contribution is 2.27. The Balaban J connectivity index is 2.00. The van der Waals surface area contributed by atoms with Gasteiger partial charge >= 0.3 is 0 Å². The molecule has 0 saturated heterocycles. The number of rotatable bonds is 5. The molecule has 1 aromatic heterocycles. The van der Waals surface area contributed by atoms with Gasteiger partial charge in [-0.05, 0) is 12.8 Å². The summed E-state index contributed by atoms with van der Waals surface area (Å²) in [6, 6.07) is 0. The zero-order valence-corrected chi connectivity index (χ0v) is 11.4. The van der Waals surface area contributed by atoms with Crippen molar-refractivity contribution < 1.29 is 4.79 Å². The summed E-state index contributed by atoms with van der Waals surface area (Å²) >= 11 is 1.44. The third-order valence-electron chi connectivity index (χ3n) is 2.89. The molecule has 0 radical (unpaired) electrons. The fourth-order valence-corrected chi connectivity index (χ4v) is 2.80. The van der Waals surface area contributed by atoms with E-state index in [1.165, 1.54) is 11.3 Å². The highest BCUT2D eigenvalue weighted by atomic mass is 32.1. The van der Waals surface area contributed by atoms with Gasteiger partial charge in [-0.15, -0.1) is 10.2 Å². The topological polar surface area (TPSA) is 79.3 Å². The number of aliphatic imine (C=N–C) groups is 1. The Morgan fingerprint density at radius 2 is 2.22 bits per heavy atom. The van der Waals surface area contributed by atoms with Gasteiger partial charge in [0.25, 0.3) is 5.91 Å². The second-order valence-corrected chi connectivity index (χ2v) is 5.08. The van der Waals surface area contributed by atoms with Crippen LogP contribution in [0.4, 0.5) is 5.13 Å². The predicted molar refractivity (Wildman–Crippen MR) is 72.2 cm³/mol. The molecule has 2 N–H and O–H groups in total. The molecule has 18 heavy (non-hydrogen) atoms. The average molecular weight is 267 g/mol. The van der Waals surface area contributed by atoms with E-state index in [1.54, 1.807) is 0 Å². The van der Waals surface area contributed by atoms with Crippen LogP contribution in [-0.2, 0) is 4.79 Å². The molecule has 2 rings (SSSR count). The molecule has 0 saturated carbocycles. The number of aromatic nitrogens is 2. The van der Waals surface area contributed by atoms with Crippen LogP contribution >= 0.6 is 11.3 Å². The van der Waals surface area contributed by atoms with Crippen molar-refractivity contribution in [2.24, 2.45) is 4.99 Å². The second kappa shape index (κ2) is 5.90. The molecule has 6 nitrogen and oxygen atoms in total. The minimum Gasteiger partial charge on any atom is -0.364 e. The van der Waals surface area contributed by atoms with Crippen LogP contribution in [0.3, 0.4) is 0 Å². The van der Waals surface area contributed by atoms with E-state index in [4.69, 9.17) is 0 Å². The van der Waals surface area contributed by atoms with Crippen molar-refractivity contribution in [1.29, 1.82) is 0 Å². The summed E-state index contributed by atoms with van der Waals surface area (Å²) in [6.07, 6.45) is 2.07. The van der Waals surface area contributed by atoms with E-state index in [1.807, 2.05) is 0 Å². The molecule has 98 valence electrons. The lowest BCUT2D eigenvalue weighted by atomic mass is 10.1. The van der Waals surface area contributed by atoms with Crippen molar-refractivity contribution in [1.82, 2.24) is 15.5 Å². The number of hydrogen-bond acceptors (Lipinski definition) is 6. The van der Waals surface area contributed by atoms with E-state index in [0.717, 1.165) is 24.4 Å². The molecule has 1 aliphatic heterocycles. The van der Waals surface area contributed by atoms with Gasteiger partial charge in [0.15, 0.2) is 5.84 Å². The van der Waals surface area contributed by atoms with Crippen LogP contribution < -0.4 is 10.6 Å². The number of nitrogens with one attached hydrogen (secondary N) is 2. The van der Waals surface area contributed by atoms with Crippen molar-refractivity contribution in [3.8, 4) is 0 Å². The standard InChI is InChI=1S/C11H17N5OS/c1-3-7(4-2)10-15-16-11(18-10)14-9(17)8-12-5-6-13-8/h7H,3-6H2,1-2H3,(H,12,13)(H,14,16,17). The van der Waals surface area contributed by atoms with Gasteiger partial charge < -0.3 is 5.32 Å². The number of carbonyl (C=O) groups excluding carboxylic acids is 1. The third-order valence-corrected chi connectivity index (χ3v) is 3.89. The molecule has 1 amide bonds. The zero-order valence-electron chi connectivity index (χ0n) is 10.6. The van der Waals surface area contributed by atoms with Crippen LogP contribution in [0.1, 0.15) is 37.6 Å². The fourth-order valence-electron chi connectivity index (χ4n) is 1.79. The van der Waals surface area contributed by atoms with E-state index >= 15 is 0 Å². The zero-order chi connectivity index (χ0) is 13.0. The van der Waals surface area contributed by atoms with E-state index in [9.17, 15) is 4.79 Å². The van der Waals surface area contributed by atoms with Crippen LogP contribution in [0.15, 0.2) is 4.99 Å². The van der Waals surface area contributed by atoms with Gasteiger partial charge in [0.1, 0.15) is 5.01 Å². The smallest absolute Gasteiger partial charge is 0.292 e. The highest BCUT2D eigenvalue weighted by molar-refractivity contribution is 7.15. The van der Waals surface area contributed by atoms with Crippen molar-refractivity contribution in [2.75, 3.05) is 18.4 Å². The number of nitrogens with zero attached hydrogens (tertiary/aromatic N) is 3. The third kappa shape index (κ3) is 2.84. The maximum atomic E-state index is 11.8. The van der Waals surface area contributed by atoms with Gasteiger partial charge in [-0.3, -0.25) is 15.1 Å². The quantitative estimate of drug-likeness (QED) is 0.844. The summed E-state index contributed by atoms with van der Waals surface area (Å²) < 4.78 is 0. The number of amides is 1. The normalized spacial score (nSPS) is 14.5. The van der Waals surface area contributed by atoms with Gasteiger partial charge in [-0.1, -0.05) is 25.2 Å². The van der Waals surface area contributed by atoms with Crippen LogP contribution in [-0.4, -0.2) is 35.0 Å². The molecule has 1 aliphatic rings. The molecule has 0 fully saturated rings. The molecule has 0 spiro atoms. The summed E-state index contributed by atoms with van der Waals surface area (Å²) in [5.74, 6) is 0.573. The molecule has 0 aliphatic carbocycles. The first-order valence-corrected chi connectivity index (χ1v) is 6.99. The van der Waals surface area contributed by atoms with Crippen molar-refractivity contribution >= 4 is 28.2 Å². The number of amidine groups is 1. The Bertz CT molecular complexity index is 452. The predicted octanol–water partition coefficient (Wildman–Crippen LogP) is 1.38. The fraction of sp³-hybridized carbons (Fsp3) is 0.636. The number of carbonyl (C=O) groups is 1. The molecule has 2 heterocycles. The minimum absolute atomic E-state index is 0.236. The first-order chi connectivity index (χ1) is 8.74. The summed E-state index contributed by atoms with van der Waals surface area (Å²) in [6.45, 7) is 5.63. The van der Waals surface area contributed by atoms with E-state index in [0.29, 0.717) is 23.4 Å². The second-order valence-electron chi connectivity index (χ2n) is 4.07. The lowest BCUT2D eigenvalue weighted by Crippen LogP contribution is -2.32. The summed E-state index contributed by atoms with van der Waals surface area (Å²) in [4.78, 5) is 15.8. The Labute approximate surface area is 110 Å². The minimum atomic E-state index is -0.236. The highest BCUT2D eigenvalue weighted by Gasteiger charge is 2.18. The van der Waals surface area contributed by atoms with Gasteiger partial charge in [0.2, 0.25) is 5.13 Å². The lowest BCUT2D eigenvalue weighted by molar-refractivity contribution is -0.110. The van der Waals surface area contributed by atoms with Crippen LogP contribution in [0, 0.1) is 0 Å². The van der Waals surface area contributed by atoms with Crippen molar-refractivity contribution in [3.63, 3.8) is 0 Å². The van der Waals surface area contributed by atoms with E-state index in [2.05, 4.69) is 39.7 Å². The van der Waals surface area contributed by atoms with Crippen molar-refractivity contribution in [3.05, 3.63) is 5.01 Å². The Morgan fingerprint density at radius 3 is 2.83 bits per heavy atom. The maximum absolute atomic E-state index is 11.8. The molecule has 7 heteroatoms. The maximum Gasteiger partial charge on any atom is 0.292 e. The summed E-state index contributed by atoms with van der Waals surface area (Å²) in [5.41, 5.74) is 0. The summed E-state index contributed by atoms with van der Waals surface area (Å²) in [7, 11) is 0.